The normalized spacial score (nSPS) is 13.6. The van der Waals surface area contributed by atoms with E-state index in [1.807, 2.05) is 60.5 Å². The molecule has 0 saturated carbocycles. The lowest BCUT2D eigenvalue weighted by atomic mass is 10.0. The molecule has 1 amide bonds. The van der Waals surface area contributed by atoms with Gasteiger partial charge in [-0.1, -0.05) is 18.2 Å². The molecule has 7 heteroatoms. The molecule has 2 aromatic carbocycles. The highest BCUT2D eigenvalue weighted by Crippen LogP contribution is 2.29. The van der Waals surface area contributed by atoms with E-state index in [0.29, 0.717) is 18.7 Å². The van der Waals surface area contributed by atoms with Crippen LogP contribution in [0.3, 0.4) is 0 Å². The van der Waals surface area contributed by atoms with Gasteiger partial charge in [0.25, 0.3) is 5.91 Å². The van der Waals surface area contributed by atoms with Crippen LogP contribution in [0.15, 0.2) is 84.1 Å². The second-order valence-corrected chi connectivity index (χ2v) is 8.70. The zero-order valence-corrected chi connectivity index (χ0v) is 18.5. The van der Waals surface area contributed by atoms with Gasteiger partial charge >= 0.3 is 0 Å². The van der Waals surface area contributed by atoms with Gasteiger partial charge in [0.15, 0.2) is 0 Å². The van der Waals surface area contributed by atoms with Crippen molar-refractivity contribution in [3.63, 3.8) is 0 Å². The Morgan fingerprint density at radius 1 is 1.03 bits per heavy atom. The minimum Gasteiger partial charge on any atom is -0.379 e. The number of nitrogens with zero attached hydrogens (tertiary/aromatic N) is 3. The standard InChI is InChI=1S/C25H23N5OS/c1-17-14-19(25(31)30-15-21(16-30)28-20-9-12-26-13-10-20)7-8-22(17)29-32-23-6-2-4-18-5-3-11-27-24(18)23/h2-14,21,29H,15-16H2,1H3,(H,26,28). The van der Waals surface area contributed by atoms with Crippen molar-refractivity contribution in [2.75, 3.05) is 23.1 Å². The Kier molecular flexibility index (Phi) is 5.64. The molecule has 32 heavy (non-hydrogen) atoms. The maximum absolute atomic E-state index is 12.9. The van der Waals surface area contributed by atoms with Gasteiger partial charge in [-0.05, 0) is 66.9 Å². The molecule has 0 bridgehead atoms. The number of anilines is 2. The molecule has 0 aliphatic carbocycles. The van der Waals surface area contributed by atoms with Crippen molar-refractivity contribution >= 4 is 40.1 Å². The minimum atomic E-state index is 0.0679. The molecule has 0 unspecified atom stereocenters. The topological polar surface area (TPSA) is 70.2 Å². The molecule has 3 heterocycles. The third-order valence-corrected chi connectivity index (χ3v) is 6.43. The van der Waals surface area contributed by atoms with E-state index in [2.05, 4.69) is 38.2 Å². The van der Waals surface area contributed by atoms with Crippen LogP contribution in [-0.2, 0) is 0 Å². The molecule has 6 nitrogen and oxygen atoms in total. The highest BCUT2D eigenvalue weighted by Gasteiger charge is 2.31. The fraction of sp³-hybridized carbons (Fsp3) is 0.160. The molecule has 1 fully saturated rings. The third-order valence-electron chi connectivity index (χ3n) is 5.56. The summed E-state index contributed by atoms with van der Waals surface area (Å²) < 4.78 is 3.42. The second kappa shape index (κ2) is 8.88. The summed E-state index contributed by atoms with van der Waals surface area (Å²) in [6, 6.07) is 20.1. The molecular formula is C25H23N5OS. The van der Waals surface area contributed by atoms with Crippen molar-refractivity contribution < 1.29 is 4.79 Å². The number of benzene rings is 2. The van der Waals surface area contributed by atoms with Crippen LogP contribution in [0.2, 0.25) is 0 Å². The smallest absolute Gasteiger partial charge is 0.254 e. The van der Waals surface area contributed by atoms with Crippen LogP contribution in [0.5, 0.6) is 0 Å². The Hall–Kier alpha value is -3.58. The predicted molar refractivity (Wildman–Crippen MR) is 130 cm³/mol. The van der Waals surface area contributed by atoms with Crippen LogP contribution in [0.1, 0.15) is 15.9 Å². The monoisotopic (exact) mass is 441 g/mol. The van der Waals surface area contributed by atoms with E-state index in [9.17, 15) is 4.79 Å². The number of para-hydroxylation sites is 1. The van der Waals surface area contributed by atoms with E-state index in [1.165, 1.54) is 11.9 Å². The third kappa shape index (κ3) is 4.24. The van der Waals surface area contributed by atoms with Crippen molar-refractivity contribution in [3.05, 3.63) is 90.4 Å². The largest absolute Gasteiger partial charge is 0.379 e. The molecule has 1 aliphatic rings. The number of hydrogen-bond donors (Lipinski definition) is 2. The van der Waals surface area contributed by atoms with Crippen molar-refractivity contribution in [3.8, 4) is 0 Å². The number of likely N-dealkylation sites (tertiary alicyclic amines) is 1. The van der Waals surface area contributed by atoms with Crippen LogP contribution >= 0.6 is 11.9 Å². The summed E-state index contributed by atoms with van der Waals surface area (Å²) in [5, 5.41) is 4.54. The van der Waals surface area contributed by atoms with Crippen molar-refractivity contribution in [1.29, 1.82) is 0 Å². The molecule has 5 rings (SSSR count). The zero-order valence-electron chi connectivity index (χ0n) is 17.7. The quantitative estimate of drug-likeness (QED) is 0.411. The van der Waals surface area contributed by atoms with Crippen LogP contribution in [0.25, 0.3) is 10.9 Å². The summed E-state index contributed by atoms with van der Waals surface area (Å²) in [6.45, 7) is 3.42. The lowest BCUT2D eigenvalue weighted by Crippen LogP contribution is -2.57. The number of aromatic nitrogens is 2. The summed E-state index contributed by atoms with van der Waals surface area (Å²) in [5.41, 5.74) is 4.74. The van der Waals surface area contributed by atoms with Gasteiger partial charge < -0.3 is 14.9 Å². The van der Waals surface area contributed by atoms with Gasteiger partial charge in [0.1, 0.15) is 0 Å². The molecule has 2 aromatic heterocycles. The highest BCUT2D eigenvalue weighted by molar-refractivity contribution is 8.00. The number of rotatable bonds is 6. The van der Waals surface area contributed by atoms with E-state index in [0.717, 1.165) is 32.7 Å². The fourth-order valence-electron chi connectivity index (χ4n) is 3.78. The highest BCUT2D eigenvalue weighted by atomic mass is 32.2. The molecule has 0 atom stereocenters. The molecule has 2 N–H and O–H groups in total. The van der Waals surface area contributed by atoms with Gasteiger partial charge in [0.05, 0.1) is 16.5 Å². The Morgan fingerprint density at radius 3 is 2.66 bits per heavy atom. The first-order chi connectivity index (χ1) is 15.7. The first kappa shape index (κ1) is 20.3. The van der Waals surface area contributed by atoms with Crippen LogP contribution in [0.4, 0.5) is 11.4 Å². The van der Waals surface area contributed by atoms with Gasteiger partial charge in [-0.3, -0.25) is 14.8 Å². The lowest BCUT2D eigenvalue weighted by molar-refractivity contribution is 0.0625. The minimum absolute atomic E-state index is 0.0679. The predicted octanol–water partition coefficient (Wildman–Crippen LogP) is 4.99. The Balaban J connectivity index is 1.20. The van der Waals surface area contributed by atoms with E-state index in [4.69, 9.17) is 0 Å². The first-order valence-corrected chi connectivity index (χ1v) is 11.3. The average molecular weight is 442 g/mol. The van der Waals surface area contributed by atoms with E-state index >= 15 is 0 Å². The maximum Gasteiger partial charge on any atom is 0.254 e. The Labute approximate surface area is 191 Å². The molecule has 0 radical (unpaired) electrons. The van der Waals surface area contributed by atoms with Crippen molar-refractivity contribution in [1.82, 2.24) is 14.9 Å². The van der Waals surface area contributed by atoms with Crippen molar-refractivity contribution in [2.45, 2.75) is 17.9 Å². The second-order valence-electron chi connectivity index (χ2n) is 7.85. The van der Waals surface area contributed by atoms with Gasteiger partial charge in [0.2, 0.25) is 0 Å². The van der Waals surface area contributed by atoms with Crippen LogP contribution < -0.4 is 10.0 Å². The summed E-state index contributed by atoms with van der Waals surface area (Å²) in [7, 11) is 0. The number of nitrogens with one attached hydrogen (secondary N) is 2. The molecule has 160 valence electrons. The number of amides is 1. The molecule has 4 aromatic rings. The zero-order chi connectivity index (χ0) is 21.9. The molecule has 0 spiro atoms. The van der Waals surface area contributed by atoms with Gasteiger partial charge in [-0.15, -0.1) is 0 Å². The van der Waals surface area contributed by atoms with Crippen LogP contribution in [-0.4, -0.2) is 39.9 Å². The Bertz CT molecular complexity index is 1250. The summed E-state index contributed by atoms with van der Waals surface area (Å²) >= 11 is 1.53. The number of aryl methyl sites for hydroxylation is 1. The van der Waals surface area contributed by atoms with Gasteiger partial charge in [0, 0.05) is 54.0 Å². The number of carbonyl (C=O) groups is 1. The number of hydrogen-bond acceptors (Lipinski definition) is 6. The van der Waals surface area contributed by atoms with E-state index in [-0.39, 0.29) is 11.9 Å². The maximum atomic E-state index is 12.9. The summed E-state index contributed by atoms with van der Waals surface area (Å²) in [4.78, 5) is 24.3. The average Bonchev–Trinajstić information content (AvgIpc) is 2.80. The van der Waals surface area contributed by atoms with Gasteiger partial charge in [-0.25, -0.2) is 0 Å². The number of fused-ring (bicyclic) bond motifs is 1. The molecule has 1 saturated heterocycles. The number of carbonyl (C=O) groups excluding carboxylic acids is 1. The van der Waals surface area contributed by atoms with E-state index < -0.39 is 0 Å². The van der Waals surface area contributed by atoms with Crippen molar-refractivity contribution in [2.24, 2.45) is 0 Å². The fourth-order valence-corrected chi connectivity index (χ4v) is 4.64. The molecular weight excluding hydrogens is 418 g/mol. The van der Waals surface area contributed by atoms with Crippen LogP contribution in [0, 0.1) is 6.92 Å². The summed E-state index contributed by atoms with van der Waals surface area (Å²) in [5.74, 6) is 0.0679. The van der Waals surface area contributed by atoms with E-state index in [1.54, 1.807) is 12.4 Å². The lowest BCUT2D eigenvalue weighted by Gasteiger charge is -2.40. The number of pyridine rings is 2. The SMILES string of the molecule is Cc1cc(C(=O)N2CC(Nc3ccncc3)C2)ccc1NSc1cccc2cccnc12. The Morgan fingerprint density at radius 2 is 1.84 bits per heavy atom. The molecule has 1 aliphatic heterocycles. The summed E-state index contributed by atoms with van der Waals surface area (Å²) in [6.07, 6.45) is 5.33. The first-order valence-electron chi connectivity index (χ1n) is 10.5. The van der Waals surface area contributed by atoms with Gasteiger partial charge in [-0.2, -0.15) is 0 Å².